The van der Waals surface area contributed by atoms with Crippen LogP contribution in [-0.2, 0) is 16.6 Å². The molecule has 0 spiro atoms. The van der Waals surface area contributed by atoms with Crippen LogP contribution in [0.4, 0.5) is 0 Å². The van der Waals surface area contributed by atoms with Gasteiger partial charge in [-0.15, -0.1) is 0 Å². The van der Waals surface area contributed by atoms with Crippen molar-refractivity contribution in [2.45, 2.75) is 43.7 Å². The minimum absolute atomic E-state index is 0.0495. The monoisotopic (exact) mass is 336 g/mol. The Morgan fingerprint density at radius 3 is 2.60 bits per heavy atom. The van der Waals surface area contributed by atoms with E-state index in [1.807, 2.05) is 0 Å². The van der Waals surface area contributed by atoms with Crippen LogP contribution in [0, 0.1) is 0 Å². The van der Waals surface area contributed by atoms with Gasteiger partial charge in [0.25, 0.3) is 0 Å². The van der Waals surface area contributed by atoms with Gasteiger partial charge in [-0.1, -0.05) is 30.1 Å². The molecule has 1 aliphatic rings. The van der Waals surface area contributed by atoms with Crippen molar-refractivity contribution < 1.29 is 8.42 Å². The minimum Gasteiger partial charge on any atom is -0.313 e. The van der Waals surface area contributed by atoms with Gasteiger partial charge >= 0.3 is 0 Å². The van der Waals surface area contributed by atoms with Crippen molar-refractivity contribution in [3.8, 4) is 0 Å². The van der Waals surface area contributed by atoms with E-state index in [2.05, 4.69) is 17.0 Å². The van der Waals surface area contributed by atoms with Crippen LogP contribution in [0.1, 0.15) is 31.7 Å². The van der Waals surface area contributed by atoms with Gasteiger partial charge in [0.1, 0.15) is 4.90 Å². The van der Waals surface area contributed by atoms with Crippen LogP contribution in [0.5, 0.6) is 0 Å². The highest BCUT2D eigenvalue weighted by molar-refractivity contribution is 7.89. The maximum atomic E-state index is 12.2. The summed E-state index contributed by atoms with van der Waals surface area (Å²) in [5, 5.41) is 3.86. The van der Waals surface area contributed by atoms with Gasteiger partial charge in [-0.2, -0.15) is 0 Å². The van der Waals surface area contributed by atoms with Crippen molar-refractivity contribution in [2.24, 2.45) is 0 Å². The van der Waals surface area contributed by atoms with Crippen LogP contribution in [0.3, 0.4) is 0 Å². The van der Waals surface area contributed by atoms with Gasteiger partial charge in [-0.3, -0.25) is 0 Å². The molecular formula is C13H18Cl2N2O2S. The second-order valence-corrected chi connectivity index (χ2v) is 7.38. The summed E-state index contributed by atoms with van der Waals surface area (Å²) in [5.74, 6) is 0. The molecule has 0 radical (unpaired) electrons. The first-order valence-electron chi connectivity index (χ1n) is 6.65. The van der Waals surface area contributed by atoms with E-state index in [4.69, 9.17) is 23.2 Å². The molecule has 0 amide bonds. The van der Waals surface area contributed by atoms with E-state index >= 15 is 0 Å². The van der Waals surface area contributed by atoms with Crippen molar-refractivity contribution in [1.82, 2.24) is 10.0 Å². The molecule has 1 aromatic rings. The largest absolute Gasteiger partial charge is 0.313 e. The zero-order valence-corrected chi connectivity index (χ0v) is 13.6. The molecule has 0 saturated heterocycles. The Balaban J connectivity index is 2.27. The molecule has 1 aliphatic carbocycles. The number of nitrogens with one attached hydrogen (secondary N) is 2. The fourth-order valence-corrected chi connectivity index (χ4v) is 4.04. The molecule has 4 nitrogen and oxygen atoms in total. The normalized spacial score (nSPS) is 15.6. The molecule has 0 atom stereocenters. The lowest BCUT2D eigenvalue weighted by Gasteiger charge is -2.13. The summed E-state index contributed by atoms with van der Waals surface area (Å²) >= 11 is 12.3. The van der Waals surface area contributed by atoms with E-state index < -0.39 is 10.0 Å². The molecule has 1 saturated carbocycles. The van der Waals surface area contributed by atoms with Crippen LogP contribution in [0.15, 0.2) is 17.0 Å². The Labute approximate surface area is 129 Å². The third-order valence-electron chi connectivity index (χ3n) is 3.07. The fourth-order valence-electron chi connectivity index (χ4n) is 1.82. The molecule has 0 aliphatic heterocycles. The standard InChI is InChI=1S/C13H18Cl2N2O2S/c1-2-7-16-8-10-11(14)5-6-12(13(10)15)20(18,19)17-9-3-4-9/h5-6,9,16-17H,2-4,7-8H2,1H3. The quantitative estimate of drug-likeness (QED) is 0.752. The molecular weight excluding hydrogens is 319 g/mol. The predicted molar refractivity (Wildman–Crippen MR) is 81.8 cm³/mol. The SMILES string of the molecule is CCCNCc1c(Cl)ccc(S(=O)(=O)NC2CC2)c1Cl. The van der Waals surface area contributed by atoms with Crippen LogP contribution >= 0.6 is 23.2 Å². The van der Waals surface area contributed by atoms with Crippen LogP contribution in [-0.4, -0.2) is 21.0 Å². The van der Waals surface area contributed by atoms with Crippen molar-refractivity contribution in [2.75, 3.05) is 6.54 Å². The Morgan fingerprint density at radius 2 is 2.00 bits per heavy atom. The highest BCUT2D eigenvalue weighted by Crippen LogP contribution is 2.32. The third kappa shape index (κ3) is 3.86. The van der Waals surface area contributed by atoms with Gasteiger partial charge in [0.05, 0.1) is 5.02 Å². The van der Waals surface area contributed by atoms with Crippen molar-refractivity contribution >= 4 is 33.2 Å². The fraction of sp³-hybridized carbons (Fsp3) is 0.538. The molecule has 0 unspecified atom stereocenters. The molecule has 2 rings (SSSR count). The molecule has 20 heavy (non-hydrogen) atoms. The maximum absolute atomic E-state index is 12.2. The summed E-state index contributed by atoms with van der Waals surface area (Å²) in [5.41, 5.74) is 0.625. The molecule has 112 valence electrons. The molecule has 7 heteroatoms. The Morgan fingerprint density at radius 1 is 1.30 bits per heavy atom. The first kappa shape index (κ1) is 16.0. The maximum Gasteiger partial charge on any atom is 0.242 e. The zero-order valence-electron chi connectivity index (χ0n) is 11.2. The highest BCUT2D eigenvalue weighted by atomic mass is 35.5. The summed E-state index contributed by atoms with van der Waals surface area (Å²) in [7, 11) is -3.57. The van der Waals surface area contributed by atoms with Crippen LogP contribution in [0.25, 0.3) is 0 Å². The molecule has 0 bridgehead atoms. The average molecular weight is 337 g/mol. The Kier molecular flexibility index (Phi) is 5.31. The first-order valence-corrected chi connectivity index (χ1v) is 8.89. The van der Waals surface area contributed by atoms with Crippen LogP contribution < -0.4 is 10.0 Å². The number of hydrogen-bond acceptors (Lipinski definition) is 3. The first-order chi connectivity index (χ1) is 9.45. The Bertz CT molecular complexity index is 586. The minimum atomic E-state index is -3.57. The smallest absolute Gasteiger partial charge is 0.242 e. The number of hydrogen-bond donors (Lipinski definition) is 2. The van der Waals surface area contributed by atoms with Crippen LogP contribution in [0.2, 0.25) is 10.0 Å². The van der Waals surface area contributed by atoms with Gasteiger partial charge in [0, 0.05) is 23.2 Å². The lowest BCUT2D eigenvalue weighted by atomic mass is 10.2. The molecule has 0 aromatic heterocycles. The summed E-state index contributed by atoms with van der Waals surface area (Å²) in [4.78, 5) is 0.101. The van der Waals surface area contributed by atoms with Gasteiger partial charge in [-0.25, -0.2) is 13.1 Å². The number of halogens is 2. The van der Waals surface area contributed by atoms with Gasteiger partial charge in [-0.05, 0) is 37.9 Å². The summed E-state index contributed by atoms with van der Waals surface area (Å²) < 4.78 is 27.1. The molecule has 2 N–H and O–H groups in total. The van der Waals surface area contributed by atoms with Gasteiger partial charge in [0.2, 0.25) is 10.0 Å². The van der Waals surface area contributed by atoms with Crippen molar-refractivity contribution in [1.29, 1.82) is 0 Å². The number of sulfonamides is 1. The van der Waals surface area contributed by atoms with Gasteiger partial charge < -0.3 is 5.32 Å². The van der Waals surface area contributed by atoms with Gasteiger partial charge in [0.15, 0.2) is 0 Å². The predicted octanol–water partition coefficient (Wildman–Crippen LogP) is 2.93. The summed E-state index contributed by atoms with van der Waals surface area (Å²) in [6.45, 7) is 3.33. The molecule has 0 heterocycles. The van der Waals surface area contributed by atoms with E-state index in [1.165, 1.54) is 6.07 Å². The van der Waals surface area contributed by atoms with E-state index in [9.17, 15) is 8.42 Å². The van der Waals surface area contributed by atoms with E-state index in [1.54, 1.807) is 6.07 Å². The highest BCUT2D eigenvalue weighted by Gasteiger charge is 2.30. The lowest BCUT2D eigenvalue weighted by molar-refractivity contribution is 0.580. The molecule has 1 aromatic carbocycles. The third-order valence-corrected chi connectivity index (χ3v) is 5.53. The second-order valence-electron chi connectivity index (χ2n) is 4.91. The second kappa shape index (κ2) is 6.62. The lowest BCUT2D eigenvalue weighted by Crippen LogP contribution is -2.26. The summed E-state index contributed by atoms with van der Waals surface area (Å²) in [6.07, 6.45) is 2.75. The molecule has 1 fully saturated rings. The number of benzene rings is 1. The zero-order chi connectivity index (χ0) is 14.8. The summed E-state index contributed by atoms with van der Waals surface area (Å²) in [6, 6.07) is 3.09. The van der Waals surface area contributed by atoms with E-state index in [0.717, 1.165) is 25.8 Å². The Hall–Kier alpha value is -0.330. The number of rotatable bonds is 7. The van der Waals surface area contributed by atoms with Crippen molar-refractivity contribution in [3.05, 3.63) is 27.7 Å². The van der Waals surface area contributed by atoms with E-state index in [0.29, 0.717) is 17.1 Å². The van der Waals surface area contributed by atoms with E-state index in [-0.39, 0.29) is 16.0 Å². The van der Waals surface area contributed by atoms with Crippen molar-refractivity contribution in [3.63, 3.8) is 0 Å². The average Bonchev–Trinajstić information content (AvgIpc) is 3.16. The topological polar surface area (TPSA) is 58.2 Å².